The normalized spacial score (nSPS) is 9.79. The Labute approximate surface area is 115 Å². The first-order valence-electron chi connectivity index (χ1n) is 5.42. The molecule has 0 saturated carbocycles. The number of anilines is 1. The van der Waals surface area contributed by atoms with Crippen molar-refractivity contribution >= 4 is 23.4 Å². The van der Waals surface area contributed by atoms with E-state index < -0.39 is 6.09 Å². The van der Waals surface area contributed by atoms with Crippen LogP contribution in [0.4, 0.5) is 10.5 Å². The van der Waals surface area contributed by atoms with Crippen molar-refractivity contribution in [2.75, 3.05) is 12.4 Å². The van der Waals surface area contributed by atoms with E-state index in [-0.39, 0.29) is 5.88 Å². The summed E-state index contributed by atoms with van der Waals surface area (Å²) in [6, 6.07) is 10.1. The molecule has 1 heterocycles. The molecule has 6 heteroatoms. The van der Waals surface area contributed by atoms with E-state index in [0.29, 0.717) is 16.5 Å². The van der Waals surface area contributed by atoms with Gasteiger partial charge < -0.3 is 9.47 Å². The molecule has 0 aliphatic carbocycles. The number of ether oxygens (including phenoxy) is 2. The van der Waals surface area contributed by atoms with Gasteiger partial charge in [0.05, 0.1) is 17.8 Å². The van der Waals surface area contributed by atoms with Crippen LogP contribution < -0.4 is 14.8 Å². The third kappa shape index (κ3) is 3.59. The van der Waals surface area contributed by atoms with Crippen molar-refractivity contribution in [3.05, 3.63) is 47.6 Å². The van der Waals surface area contributed by atoms with E-state index in [4.69, 9.17) is 21.1 Å². The number of benzene rings is 1. The lowest BCUT2D eigenvalue weighted by Crippen LogP contribution is -2.17. The molecule has 1 aromatic carbocycles. The molecule has 0 aliphatic heterocycles. The molecule has 2 rings (SSSR count). The number of halogens is 1. The zero-order chi connectivity index (χ0) is 13.7. The molecule has 0 radical (unpaired) electrons. The van der Waals surface area contributed by atoms with E-state index in [0.717, 1.165) is 0 Å². The van der Waals surface area contributed by atoms with Crippen LogP contribution in [0.5, 0.6) is 11.6 Å². The lowest BCUT2D eigenvalue weighted by atomic mass is 10.3. The quantitative estimate of drug-likeness (QED) is 0.935. The van der Waals surface area contributed by atoms with Crippen LogP contribution in [-0.2, 0) is 0 Å². The molecule has 0 atom stereocenters. The van der Waals surface area contributed by atoms with Crippen molar-refractivity contribution in [3.8, 4) is 11.6 Å². The van der Waals surface area contributed by atoms with Crippen LogP contribution in [0, 0.1) is 0 Å². The fourth-order valence-electron chi connectivity index (χ4n) is 1.40. The number of nitrogens with zero attached hydrogens (tertiary/aromatic N) is 1. The topological polar surface area (TPSA) is 60.5 Å². The molecule has 0 bridgehead atoms. The summed E-state index contributed by atoms with van der Waals surface area (Å²) < 4.78 is 10.1. The average Bonchev–Trinajstić information content (AvgIpc) is 2.42. The molecule has 19 heavy (non-hydrogen) atoms. The highest BCUT2D eigenvalue weighted by Gasteiger charge is 2.09. The van der Waals surface area contributed by atoms with Gasteiger partial charge in [0.25, 0.3) is 0 Å². The lowest BCUT2D eigenvalue weighted by molar-refractivity contribution is 0.213. The van der Waals surface area contributed by atoms with Crippen LogP contribution in [0.25, 0.3) is 0 Å². The molecule has 1 aromatic heterocycles. The number of rotatable bonds is 3. The molecule has 1 N–H and O–H groups in total. The molecule has 0 spiro atoms. The Balaban J connectivity index is 2.03. The van der Waals surface area contributed by atoms with Crippen molar-refractivity contribution < 1.29 is 14.3 Å². The fourth-order valence-corrected chi connectivity index (χ4v) is 1.51. The molecule has 0 fully saturated rings. The van der Waals surface area contributed by atoms with Crippen LogP contribution in [-0.4, -0.2) is 18.2 Å². The molecule has 0 aliphatic rings. The molecule has 98 valence electrons. The standard InChI is InChI=1S/C13H11ClN2O3/c1-18-11-5-3-2-4-10(11)16-13(17)19-12-7-6-9(14)8-15-12/h2-8H,1H3,(H,16,17). The van der Waals surface area contributed by atoms with E-state index in [1.165, 1.54) is 19.4 Å². The number of pyridine rings is 1. The largest absolute Gasteiger partial charge is 0.495 e. The summed E-state index contributed by atoms with van der Waals surface area (Å²) >= 11 is 5.68. The van der Waals surface area contributed by atoms with Gasteiger partial charge in [0.15, 0.2) is 0 Å². The minimum absolute atomic E-state index is 0.164. The third-order valence-corrected chi connectivity index (χ3v) is 2.46. The maximum Gasteiger partial charge on any atom is 0.418 e. The van der Waals surface area contributed by atoms with Gasteiger partial charge in [0.2, 0.25) is 5.88 Å². The van der Waals surface area contributed by atoms with Crippen molar-refractivity contribution in [1.82, 2.24) is 4.98 Å². The molecular weight excluding hydrogens is 268 g/mol. The Morgan fingerprint density at radius 2 is 2.05 bits per heavy atom. The van der Waals surface area contributed by atoms with Crippen molar-refractivity contribution in [1.29, 1.82) is 0 Å². The zero-order valence-electron chi connectivity index (χ0n) is 10.1. The first kappa shape index (κ1) is 13.2. The summed E-state index contributed by atoms with van der Waals surface area (Å²) in [4.78, 5) is 15.5. The van der Waals surface area contributed by atoms with E-state index in [9.17, 15) is 4.79 Å². The van der Waals surface area contributed by atoms with E-state index in [1.54, 1.807) is 30.3 Å². The minimum atomic E-state index is -0.653. The van der Waals surface area contributed by atoms with Gasteiger partial charge >= 0.3 is 6.09 Å². The summed E-state index contributed by atoms with van der Waals surface area (Å²) in [7, 11) is 1.52. The Hall–Kier alpha value is -2.27. The number of hydrogen-bond donors (Lipinski definition) is 1. The summed E-state index contributed by atoms with van der Waals surface area (Å²) in [5.74, 6) is 0.709. The summed E-state index contributed by atoms with van der Waals surface area (Å²) in [5, 5.41) is 3.04. The molecule has 2 aromatic rings. The molecule has 0 saturated heterocycles. The van der Waals surface area contributed by atoms with Gasteiger partial charge in [-0.05, 0) is 18.2 Å². The van der Waals surface area contributed by atoms with Crippen LogP contribution in [0.15, 0.2) is 42.6 Å². The van der Waals surface area contributed by atoms with E-state index >= 15 is 0 Å². The summed E-state index contributed by atoms with van der Waals surface area (Å²) in [6.07, 6.45) is 0.743. The SMILES string of the molecule is COc1ccccc1NC(=O)Oc1ccc(Cl)cn1. The smallest absolute Gasteiger partial charge is 0.418 e. The van der Waals surface area contributed by atoms with Crippen LogP contribution in [0.2, 0.25) is 5.02 Å². The van der Waals surface area contributed by atoms with Crippen molar-refractivity contribution in [2.45, 2.75) is 0 Å². The average molecular weight is 279 g/mol. The predicted octanol–water partition coefficient (Wildman–Crippen LogP) is 3.35. The van der Waals surface area contributed by atoms with Gasteiger partial charge in [-0.25, -0.2) is 9.78 Å². The third-order valence-electron chi connectivity index (χ3n) is 2.24. The second-order valence-corrected chi connectivity index (χ2v) is 3.97. The predicted molar refractivity (Wildman–Crippen MR) is 71.9 cm³/mol. The van der Waals surface area contributed by atoms with Crippen LogP contribution in [0.3, 0.4) is 0 Å². The van der Waals surface area contributed by atoms with Gasteiger partial charge in [-0.1, -0.05) is 23.7 Å². The Kier molecular flexibility index (Phi) is 4.20. The molecule has 5 nitrogen and oxygen atoms in total. The minimum Gasteiger partial charge on any atom is -0.495 e. The number of carbonyl (C=O) groups is 1. The van der Waals surface area contributed by atoms with Crippen molar-refractivity contribution in [2.24, 2.45) is 0 Å². The maximum absolute atomic E-state index is 11.7. The van der Waals surface area contributed by atoms with Crippen LogP contribution >= 0.6 is 11.6 Å². The van der Waals surface area contributed by atoms with Gasteiger partial charge in [-0.2, -0.15) is 0 Å². The summed E-state index contributed by atoms with van der Waals surface area (Å²) in [6.45, 7) is 0. The first-order chi connectivity index (χ1) is 9.19. The van der Waals surface area contributed by atoms with Gasteiger partial charge in [0, 0.05) is 12.3 Å². The van der Waals surface area contributed by atoms with E-state index in [1.807, 2.05) is 0 Å². The Bertz CT molecular complexity index is 572. The summed E-state index contributed by atoms with van der Waals surface area (Å²) in [5.41, 5.74) is 0.518. The second kappa shape index (κ2) is 6.06. The molecule has 1 amide bonds. The van der Waals surface area contributed by atoms with Gasteiger partial charge in [0.1, 0.15) is 5.75 Å². The second-order valence-electron chi connectivity index (χ2n) is 3.53. The van der Waals surface area contributed by atoms with Gasteiger partial charge in [-0.3, -0.25) is 5.32 Å². The number of aromatic nitrogens is 1. The number of carbonyl (C=O) groups excluding carboxylic acids is 1. The molecular formula is C13H11ClN2O3. The zero-order valence-corrected chi connectivity index (χ0v) is 10.8. The van der Waals surface area contributed by atoms with Crippen LogP contribution in [0.1, 0.15) is 0 Å². The highest BCUT2D eigenvalue weighted by atomic mass is 35.5. The number of hydrogen-bond acceptors (Lipinski definition) is 4. The monoisotopic (exact) mass is 278 g/mol. The maximum atomic E-state index is 11.7. The Morgan fingerprint density at radius 1 is 1.26 bits per heavy atom. The molecule has 0 unspecified atom stereocenters. The van der Waals surface area contributed by atoms with Gasteiger partial charge in [-0.15, -0.1) is 0 Å². The first-order valence-corrected chi connectivity index (χ1v) is 5.80. The number of para-hydroxylation sites is 2. The number of methoxy groups -OCH3 is 1. The lowest BCUT2D eigenvalue weighted by Gasteiger charge is -2.09. The fraction of sp³-hybridized carbons (Fsp3) is 0.0769. The highest BCUT2D eigenvalue weighted by Crippen LogP contribution is 2.23. The Morgan fingerprint density at radius 3 is 2.74 bits per heavy atom. The van der Waals surface area contributed by atoms with E-state index in [2.05, 4.69) is 10.3 Å². The number of nitrogens with one attached hydrogen (secondary N) is 1. The highest BCUT2D eigenvalue weighted by molar-refractivity contribution is 6.30. The number of amides is 1. The van der Waals surface area contributed by atoms with Crippen molar-refractivity contribution in [3.63, 3.8) is 0 Å².